The van der Waals surface area contributed by atoms with E-state index < -0.39 is 5.97 Å². The molecule has 1 saturated heterocycles. The molecule has 1 aliphatic rings. The van der Waals surface area contributed by atoms with E-state index in [1.807, 2.05) is 0 Å². The Balaban J connectivity index is 2.22. The van der Waals surface area contributed by atoms with E-state index >= 15 is 0 Å². The quantitative estimate of drug-likeness (QED) is 0.903. The Kier molecular flexibility index (Phi) is 4.38. The zero-order valence-corrected chi connectivity index (χ0v) is 11.0. The number of thioether (sulfide) groups is 1. The van der Waals surface area contributed by atoms with Gasteiger partial charge in [-0.3, -0.25) is 0 Å². The van der Waals surface area contributed by atoms with Crippen LogP contribution in [0, 0.1) is 0 Å². The summed E-state index contributed by atoms with van der Waals surface area (Å²) in [4.78, 5) is 15.6. The number of methoxy groups -OCH3 is 1. The van der Waals surface area contributed by atoms with Gasteiger partial charge in [-0.25, -0.2) is 9.78 Å². The van der Waals surface area contributed by atoms with Gasteiger partial charge in [0.1, 0.15) is 16.0 Å². The molecule has 1 N–H and O–H groups in total. The molecule has 0 bridgehead atoms. The molecule has 1 aromatic rings. The lowest BCUT2D eigenvalue weighted by Crippen LogP contribution is -2.15. The van der Waals surface area contributed by atoms with E-state index in [4.69, 9.17) is 14.6 Å². The summed E-state index contributed by atoms with van der Waals surface area (Å²) >= 11 is 2.98. The van der Waals surface area contributed by atoms with Gasteiger partial charge in [-0.1, -0.05) is 0 Å². The molecular formula is C10H13NO4S2. The van der Waals surface area contributed by atoms with E-state index in [1.54, 1.807) is 11.8 Å². The summed E-state index contributed by atoms with van der Waals surface area (Å²) in [5.74, 6) is 0.863. The Morgan fingerprint density at radius 2 is 2.53 bits per heavy atom. The summed E-state index contributed by atoms with van der Waals surface area (Å²) in [6.07, 6.45) is -0.0811. The molecule has 2 rings (SSSR count). The van der Waals surface area contributed by atoms with Gasteiger partial charge in [0.2, 0.25) is 0 Å². The second-order valence-electron chi connectivity index (χ2n) is 3.50. The second-order valence-corrected chi connectivity index (χ2v) is 5.68. The predicted molar refractivity (Wildman–Crippen MR) is 65.8 cm³/mol. The van der Waals surface area contributed by atoms with Gasteiger partial charge in [0.05, 0.1) is 18.9 Å². The molecule has 0 radical (unpaired) electrons. The van der Waals surface area contributed by atoms with Gasteiger partial charge < -0.3 is 14.6 Å². The molecule has 1 aliphatic heterocycles. The van der Waals surface area contributed by atoms with Crippen LogP contribution in [-0.2, 0) is 16.1 Å². The van der Waals surface area contributed by atoms with Crippen LogP contribution < -0.4 is 0 Å². The summed E-state index contributed by atoms with van der Waals surface area (Å²) in [6, 6.07) is 0. The fraction of sp³-hybridized carbons (Fsp3) is 0.600. The van der Waals surface area contributed by atoms with Gasteiger partial charge in [0, 0.05) is 18.6 Å². The number of rotatable bonds is 4. The largest absolute Gasteiger partial charge is 0.477 e. The molecule has 1 atom stereocenters. The first-order valence-corrected chi connectivity index (χ1v) is 7.10. The fourth-order valence-electron chi connectivity index (χ4n) is 1.54. The average Bonchev–Trinajstić information content (AvgIpc) is 2.75. The number of carboxylic acid groups (broad SMARTS) is 1. The van der Waals surface area contributed by atoms with E-state index in [2.05, 4.69) is 4.98 Å². The zero-order chi connectivity index (χ0) is 12.3. The molecule has 7 heteroatoms. The Labute approximate surface area is 107 Å². The van der Waals surface area contributed by atoms with Crippen molar-refractivity contribution in [3.05, 3.63) is 15.6 Å². The standard InChI is InChI=1S/C10H13NO4S2/c1-14-4-6-8(10(12)13)17-9(11-6)7-5-16-3-2-15-7/h7H,2-5H2,1H3,(H,12,13). The van der Waals surface area contributed by atoms with Crippen LogP contribution in [-0.4, -0.2) is 41.3 Å². The van der Waals surface area contributed by atoms with E-state index in [9.17, 15) is 4.79 Å². The highest BCUT2D eigenvalue weighted by atomic mass is 32.2. The normalized spacial score (nSPS) is 20.4. The first-order valence-electron chi connectivity index (χ1n) is 5.13. The topological polar surface area (TPSA) is 68.7 Å². The van der Waals surface area contributed by atoms with Crippen LogP contribution in [0.25, 0.3) is 0 Å². The molecule has 1 unspecified atom stereocenters. The summed E-state index contributed by atoms with van der Waals surface area (Å²) < 4.78 is 10.5. The minimum atomic E-state index is -0.954. The van der Waals surface area contributed by atoms with Crippen LogP contribution in [0.5, 0.6) is 0 Å². The van der Waals surface area contributed by atoms with Crippen molar-refractivity contribution in [3.63, 3.8) is 0 Å². The van der Waals surface area contributed by atoms with E-state index in [-0.39, 0.29) is 17.6 Å². The zero-order valence-electron chi connectivity index (χ0n) is 9.34. The van der Waals surface area contributed by atoms with Crippen LogP contribution in [0.2, 0.25) is 0 Å². The number of ether oxygens (including phenoxy) is 2. The van der Waals surface area contributed by atoms with Crippen LogP contribution >= 0.6 is 23.1 Å². The number of hydrogen-bond acceptors (Lipinski definition) is 6. The van der Waals surface area contributed by atoms with E-state index in [1.165, 1.54) is 18.4 Å². The molecular weight excluding hydrogens is 262 g/mol. The first-order chi connectivity index (χ1) is 8.22. The minimum absolute atomic E-state index is 0.0811. The highest BCUT2D eigenvalue weighted by Gasteiger charge is 2.24. The SMILES string of the molecule is COCc1nc(C2CSCCO2)sc1C(=O)O. The first kappa shape index (κ1) is 12.8. The summed E-state index contributed by atoms with van der Waals surface area (Å²) in [6.45, 7) is 0.912. The number of carbonyl (C=O) groups is 1. The Hall–Kier alpha value is -0.630. The third kappa shape index (κ3) is 2.98. The summed E-state index contributed by atoms with van der Waals surface area (Å²) in [5, 5.41) is 9.81. The number of aromatic nitrogens is 1. The molecule has 0 aromatic carbocycles. The van der Waals surface area contributed by atoms with Gasteiger partial charge >= 0.3 is 5.97 Å². The van der Waals surface area contributed by atoms with Crippen molar-refractivity contribution in [2.75, 3.05) is 25.2 Å². The maximum atomic E-state index is 11.1. The number of carboxylic acids is 1. The van der Waals surface area contributed by atoms with Gasteiger partial charge in [-0.15, -0.1) is 11.3 Å². The van der Waals surface area contributed by atoms with Gasteiger partial charge in [0.15, 0.2) is 0 Å². The smallest absolute Gasteiger partial charge is 0.347 e. The van der Waals surface area contributed by atoms with Crippen LogP contribution in [0.1, 0.15) is 26.5 Å². The Morgan fingerprint density at radius 1 is 1.71 bits per heavy atom. The Bertz CT molecular complexity index is 401. The molecule has 0 aliphatic carbocycles. The molecule has 2 heterocycles. The number of thiazole rings is 1. The van der Waals surface area contributed by atoms with Gasteiger partial charge in [-0.05, 0) is 0 Å². The molecule has 1 aromatic heterocycles. The molecule has 1 fully saturated rings. The lowest BCUT2D eigenvalue weighted by Gasteiger charge is -2.19. The molecule has 0 amide bonds. The van der Waals surface area contributed by atoms with Crippen molar-refractivity contribution < 1.29 is 19.4 Å². The van der Waals surface area contributed by atoms with Gasteiger partial charge in [0.25, 0.3) is 0 Å². The van der Waals surface area contributed by atoms with E-state index in [0.29, 0.717) is 12.3 Å². The molecule has 5 nitrogen and oxygen atoms in total. The monoisotopic (exact) mass is 275 g/mol. The van der Waals surface area contributed by atoms with Crippen LogP contribution in [0.4, 0.5) is 0 Å². The third-order valence-electron chi connectivity index (χ3n) is 2.28. The number of nitrogens with zero attached hydrogens (tertiary/aromatic N) is 1. The average molecular weight is 275 g/mol. The maximum absolute atomic E-state index is 11.1. The summed E-state index contributed by atoms with van der Waals surface area (Å²) in [7, 11) is 1.53. The molecule has 0 saturated carbocycles. The van der Waals surface area contributed by atoms with Crippen molar-refractivity contribution in [1.82, 2.24) is 4.98 Å². The predicted octanol–water partition coefficient (Wildman–Crippen LogP) is 1.79. The fourth-order valence-corrected chi connectivity index (χ4v) is 3.45. The Morgan fingerprint density at radius 3 is 3.12 bits per heavy atom. The maximum Gasteiger partial charge on any atom is 0.347 e. The molecule has 17 heavy (non-hydrogen) atoms. The molecule has 94 valence electrons. The van der Waals surface area contributed by atoms with Crippen molar-refractivity contribution in [2.45, 2.75) is 12.7 Å². The number of hydrogen-bond donors (Lipinski definition) is 1. The number of aromatic carboxylic acids is 1. The summed E-state index contributed by atoms with van der Waals surface area (Å²) in [5.41, 5.74) is 0.485. The lowest BCUT2D eigenvalue weighted by molar-refractivity contribution is 0.0696. The highest BCUT2D eigenvalue weighted by molar-refractivity contribution is 7.99. The highest BCUT2D eigenvalue weighted by Crippen LogP contribution is 2.31. The van der Waals surface area contributed by atoms with Crippen LogP contribution in [0.3, 0.4) is 0 Å². The van der Waals surface area contributed by atoms with Crippen LogP contribution in [0.15, 0.2) is 0 Å². The van der Waals surface area contributed by atoms with Crippen molar-refractivity contribution in [1.29, 1.82) is 0 Å². The van der Waals surface area contributed by atoms with E-state index in [0.717, 1.165) is 16.5 Å². The van der Waals surface area contributed by atoms with Crippen molar-refractivity contribution in [3.8, 4) is 0 Å². The third-order valence-corrected chi connectivity index (χ3v) is 4.45. The van der Waals surface area contributed by atoms with Crippen molar-refractivity contribution >= 4 is 29.1 Å². The van der Waals surface area contributed by atoms with Gasteiger partial charge in [-0.2, -0.15) is 11.8 Å². The minimum Gasteiger partial charge on any atom is -0.477 e. The van der Waals surface area contributed by atoms with Crippen molar-refractivity contribution in [2.24, 2.45) is 0 Å². The second kappa shape index (κ2) is 5.81. The molecule has 0 spiro atoms. The lowest BCUT2D eigenvalue weighted by atomic mass is 10.3.